The molecular formula is C18H32N2O4. The summed E-state index contributed by atoms with van der Waals surface area (Å²) in [7, 11) is 0. The highest BCUT2D eigenvalue weighted by molar-refractivity contribution is 5.71. The molecule has 24 heavy (non-hydrogen) atoms. The van der Waals surface area contributed by atoms with Crippen molar-refractivity contribution in [3.63, 3.8) is 0 Å². The Morgan fingerprint density at radius 1 is 1.00 bits per heavy atom. The highest BCUT2D eigenvalue weighted by Gasteiger charge is 2.51. The highest BCUT2D eigenvalue weighted by atomic mass is 16.6. The van der Waals surface area contributed by atoms with Crippen LogP contribution >= 0.6 is 0 Å². The molecule has 1 aliphatic heterocycles. The summed E-state index contributed by atoms with van der Waals surface area (Å²) in [5.74, 6) is 0. The minimum atomic E-state index is -0.531. The Morgan fingerprint density at radius 2 is 1.54 bits per heavy atom. The lowest BCUT2D eigenvalue weighted by Gasteiger charge is -2.31. The van der Waals surface area contributed by atoms with Gasteiger partial charge in [0.15, 0.2) is 0 Å². The molecule has 6 nitrogen and oxygen atoms in total. The number of hydrogen-bond donors (Lipinski definition) is 1. The van der Waals surface area contributed by atoms with Gasteiger partial charge in [-0.05, 0) is 54.4 Å². The van der Waals surface area contributed by atoms with E-state index in [1.165, 1.54) is 0 Å². The molecule has 1 heterocycles. The molecule has 2 fully saturated rings. The fourth-order valence-electron chi connectivity index (χ4n) is 3.67. The molecule has 0 bridgehead atoms. The summed E-state index contributed by atoms with van der Waals surface area (Å²) >= 11 is 0. The number of carbonyl (C=O) groups excluding carboxylic acids is 2. The van der Waals surface area contributed by atoms with Crippen molar-refractivity contribution in [2.45, 2.75) is 84.5 Å². The minimum Gasteiger partial charge on any atom is -0.444 e. The Bertz CT molecular complexity index is 484. The molecule has 0 radical (unpaired) electrons. The zero-order valence-corrected chi connectivity index (χ0v) is 15.9. The second kappa shape index (κ2) is 6.45. The zero-order chi connectivity index (χ0) is 18.2. The van der Waals surface area contributed by atoms with Gasteiger partial charge in [-0.15, -0.1) is 0 Å². The first-order chi connectivity index (χ1) is 10.9. The fraction of sp³-hybridized carbons (Fsp3) is 0.889. The largest absolute Gasteiger partial charge is 0.444 e. The predicted octanol–water partition coefficient (Wildman–Crippen LogP) is 3.69. The molecule has 0 aromatic heterocycles. The number of hydrogen-bond acceptors (Lipinski definition) is 4. The van der Waals surface area contributed by atoms with Gasteiger partial charge in [0.05, 0.1) is 6.04 Å². The maximum absolute atomic E-state index is 12.4. The van der Waals surface area contributed by atoms with Crippen molar-refractivity contribution in [1.29, 1.82) is 0 Å². The summed E-state index contributed by atoms with van der Waals surface area (Å²) < 4.78 is 10.9. The first-order valence-electron chi connectivity index (χ1n) is 8.88. The Kier molecular flexibility index (Phi) is 5.07. The van der Waals surface area contributed by atoms with E-state index in [1.807, 2.05) is 41.5 Å². The second-order valence-corrected chi connectivity index (χ2v) is 9.13. The van der Waals surface area contributed by atoms with Gasteiger partial charge in [-0.1, -0.05) is 12.8 Å². The van der Waals surface area contributed by atoms with Crippen LogP contribution in [0.4, 0.5) is 9.59 Å². The molecule has 1 spiro atoms. The van der Waals surface area contributed by atoms with Gasteiger partial charge in [0.2, 0.25) is 0 Å². The molecule has 1 saturated carbocycles. The summed E-state index contributed by atoms with van der Waals surface area (Å²) in [6.45, 7) is 12.3. The van der Waals surface area contributed by atoms with E-state index in [9.17, 15) is 9.59 Å². The summed E-state index contributed by atoms with van der Waals surface area (Å²) in [6.07, 6.45) is 3.59. The van der Waals surface area contributed by atoms with Crippen LogP contribution in [0, 0.1) is 5.41 Å². The van der Waals surface area contributed by atoms with Crippen molar-refractivity contribution in [2.75, 3.05) is 13.1 Å². The maximum Gasteiger partial charge on any atom is 0.410 e. The molecule has 6 heteroatoms. The number of rotatable bonds is 1. The van der Waals surface area contributed by atoms with Crippen LogP contribution < -0.4 is 5.32 Å². The van der Waals surface area contributed by atoms with Crippen LogP contribution in [0.3, 0.4) is 0 Å². The Balaban J connectivity index is 2.06. The Hall–Kier alpha value is -1.46. The van der Waals surface area contributed by atoms with Crippen LogP contribution in [0.2, 0.25) is 0 Å². The van der Waals surface area contributed by atoms with E-state index in [2.05, 4.69) is 5.32 Å². The summed E-state index contributed by atoms with van der Waals surface area (Å²) in [6, 6.07) is -0.0811. The van der Waals surface area contributed by atoms with Crippen molar-refractivity contribution < 1.29 is 19.1 Å². The van der Waals surface area contributed by atoms with E-state index in [0.29, 0.717) is 13.1 Å². The van der Waals surface area contributed by atoms with E-state index in [1.54, 1.807) is 4.90 Å². The SMILES string of the molecule is CC(C)(C)OC(=O)NC1CN(C(=O)OC(C)(C)C)CC12CCCC2. The number of nitrogens with one attached hydrogen (secondary N) is 1. The number of carbonyl (C=O) groups is 2. The van der Waals surface area contributed by atoms with Gasteiger partial charge in [0.1, 0.15) is 11.2 Å². The Labute approximate surface area is 145 Å². The average Bonchev–Trinajstić information content (AvgIpc) is 2.95. The van der Waals surface area contributed by atoms with Crippen molar-refractivity contribution in [2.24, 2.45) is 5.41 Å². The zero-order valence-electron chi connectivity index (χ0n) is 15.9. The predicted molar refractivity (Wildman–Crippen MR) is 91.9 cm³/mol. The maximum atomic E-state index is 12.4. The lowest BCUT2D eigenvalue weighted by molar-refractivity contribution is 0.0271. The quantitative estimate of drug-likeness (QED) is 0.790. The van der Waals surface area contributed by atoms with Crippen molar-refractivity contribution in [1.82, 2.24) is 10.2 Å². The molecule has 1 atom stereocenters. The summed E-state index contributed by atoms with van der Waals surface area (Å²) in [5, 5.41) is 3.01. The Morgan fingerprint density at radius 3 is 2.04 bits per heavy atom. The third-order valence-corrected chi connectivity index (χ3v) is 4.59. The minimum absolute atomic E-state index is 0.0478. The topological polar surface area (TPSA) is 67.9 Å². The molecule has 138 valence electrons. The number of nitrogens with zero attached hydrogens (tertiary/aromatic N) is 1. The van der Waals surface area contributed by atoms with Gasteiger partial charge in [-0.25, -0.2) is 9.59 Å². The number of alkyl carbamates (subject to hydrolysis) is 1. The van der Waals surface area contributed by atoms with Crippen LogP contribution in [-0.2, 0) is 9.47 Å². The average molecular weight is 340 g/mol. The van der Waals surface area contributed by atoms with Gasteiger partial charge in [-0.2, -0.15) is 0 Å². The normalized spacial score (nSPS) is 23.4. The van der Waals surface area contributed by atoms with E-state index in [-0.39, 0.29) is 17.6 Å². The van der Waals surface area contributed by atoms with Crippen molar-refractivity contribution >= 4 is 12.2 Å². The van der Waals surface area contributed by atoms with Gasteiger partial charge >= 0.3 is 12.2 Å². The molecule has 0 aromatic carbocycles. The standard InChI is InChI=1S/C18H32N2O4/c1-16(2,3)23-14(21)19-13-11-20(15(22)24-17(4,5)6)12-18(13)9-7-8-10-18/h13H,7-12H2,1-6H3,(H,19,21). The third-order valence-electron chi connectivity index (χ3n) is 4.59. The smallest absolute Gasteiger partial charge is 0.410 e. The van der Waals surface area contributed by atoms with Crippen LogP contribution in [-0.4, -0.2) is 47.4 Å². The fourth-order valence-corrected chi connectivity index (χ4v) is 3.67. The van der Waals surface area contributed by atoms with E-state index in [0.717, 1.165) is 25.7 Å². The van der Waals surface area contributed by atoms with Crippen LogP contribution in [0.15, 0.2) is 0 Å². The molecule has 2 rings (SSSR count). The van der Waals surface area contributed by atoms with E-state index >= 15 is 0 Å². The second-order valence-electron chi connectivity index (χ2n) is 9.13. The molecule has 2 amide bonds. The first-order valence-corrected chi connectivity index (χ1v) is 8.88. The summed E-state index contributed by atoms with van der Waals surface area (Å²) in [5.41, 5.74) is -1.10. The number of amides is 2. The molecule has 1 unspecified atom stereocenters. The van der Waals surface area contributed by atoms with E-state index < -0.39 is 17.3 Å². The molecule has 2 aliphatic rings. The molecule has 1 aliphatic carbocycles. The van der Waals surface area contributed by atoms with Gasteiger partial charge in [-0.3, -0.25) is 0 Å². The van der Waals surface area contributed by atoms with Crippen LogP contribution in [0.25, 0.3) is 0 Å². The van der Waals surface area contributed by atoms with Gasteiger partial charge < -0.3 is 19.7 Å². The van der Waals surface area contributed by atoms with Gasteiger partial charge in [0.25, 0.3) is 0 Å². The molecule has 0 aromatic rings. The molecular weight excluding hydrogens is 308 g/mol. The van der Waals surface area contributed by atoms with Crippen molar-refractivity contribution in [3.05, 3.63) is 0 Å². The van der Waals surface area contributed by atoms with Crippen LogP contribution in [0.1, 0.15) is 67.2 Å². The first kappa shape index (κ1) is 18.9. The lowest BCUT2D eigenvalue weighted by Crippen LogP contribution is -2.47. The molecule has 1 saturated heterocycles. The van der Waals surface area contributed by atoms with Crippen LogP contribution in [0.5, 0.6) is 0 Å². The van der Waals surface area contributed by atoms with Crippen molar-refractivity contribution in [3.8, 4) is 0 Å². The van der Waals surface area contributed by atoms with E-state index in [4.69, 9.17) is 9.47 Å². The lowest BCUT2D eigenvalue weighted by atomic mass is 9.81. The number of likely N-dealkylation sites (tertiary alicyclic amines) is 1. The molecule has 1 N–H and O–H groups in total. The monoisotopic (exact) mass is 340 g/mol. The third kappa shape index (κ3) is 4.77. The van der Waals surface area contributed by atoms with Gasteiger partial charge in [0, 0.05) is 18.5 Å². The number of ether oxygens (including phenoxy) is 2. The highest BCUT2D eigenvalue weighted by Crippen LogP contribution is 2.45. The summed E-state index contributed by atoms with van der Waals surface area (Å²) in [4.78, 5) is 26.3.